The van der Waals surface area contributed by atoms with Crippen molar-refractivity contribution >= 4 is 53.1 Å². The van der Waals surface area contributed by atoms with E-state index in [-0.39, 0.29) is 29.6 Å². The Morgan fingerprint density at radius 2 is 0.974 bits per heavy atom. The van der Waals surface area contributed by atoms with Crippen molar-refractivity contribution < 1.29 is 47.4 Å². The maximum absolute atomic E-state index is 13.1. The molecule has 0 atom stereocenters. The summed E-state index contributed by atoms with van der Waals surface area (Å²) in [6, 6.07) is 35.9. The number of hydrogen-bond acceptors (Lipinski definition) is 14. The van der Waals surface area contributed by atoms with Gasteiger partial charge in [0.15, 0.2) is 11.6 Å². The number of ether oxygens (including phenoxy) is 3. The molecule has 20 nitrogen and oxygen atoms in total. The van der Waals surface area contributed by atoms with Gasteiger partial charge in [-0.25, -0.2) is 28.7 Å². The molecule has 6 aliphatic rings. The molecule has 21 heteroatoms. The van der Waals surface area contributed by atoms with Crippen LogP contribution in [0.4, 0.5) is 36.1 Å². The number of carbonyl (C=O) groups excluding carboxylic acids is 6. The molecule has 0 bridgehead atoms. The first-order chi connectivity index (χ1) is 37.7. The second kappa shape index (κ2) is 22.1. The molecule has 0 radical (unpaired) electrons. The Bertz CT molecular complexity index is 3210. The van der Waals surface area contributed by atoms with Gasteiger partial charge in [-0.15, -0.1) is 0 Å². The lowest BCUT2D eigenvalue weighted by Crippen LogP contribution is -2.55. The molecule has 4 aromatic carbocycles. The van der Waals surface area contributed by atoms with Gasteiger partial charge in [0.2, 0.25) is 0 Å². The maximum atomic E-state index is 13.1. The van der Waals surface area contributed by atoms with Gasteiger partial charge in [0.05, 0.1) is 7.11 Å². The predicted molar refractivity (Wildman–Crippen MR) is 287 cm³/mol. The van der Waals surface area contributed by atoms with Crippen LogP contribution in [0.25, 0.3) is 11.1 Å². The number of benzene rings is 4. The summed E-state index contributed by atoms with van der Waals surface area (Å²) in [5.74, 6) is 3.95. The summed E-state index contributed by atoms with van der Waals surface area (Å²) < 4.78 is 30.1. The van der Waals surface area contributed by atoms with Crippen molar-refractivity contribution in [1.29, 1.82) is 0 Å². The van der Waals surface area contributed by atoms with Crippen molar-refractivity contribution in [2.45, 2.75) is 62.1 Å². The molecule has 6 N–H and O–H groups in total. The quantitative estimate of drug-likeness (QED) is 0.0793. The molecule has 6 fully saturated rings. The average Bonchev–Trinajstić information content (AvgIpc) is 4.08. The van der Waals surface area contributed by atoms with E-state index < -0.39 is 28.7 Å². The fraction of sp³-hybridized carbons (Fsp3) is 0.298. The van der Waals surface area contributed by atoms with Crippen molar-refractivity contribution in [3.05, 3.63) is 145 Å². The second-order valence-electron chi connectivity index (χ2n) is 19.9. The number of piperidine rings is 3. The van der Waals surface area contributed by atoms with E-state index in [0.29, 0.717) is 95.1 Å². The lowest BCUT2D eigenvalue weighted by molar-refractivity contribution is -0.125. The number of nitrogens with zero attached hydrogens (tertiary/aromatic N) is 5. The third-order valence-electron chi connectivity index (χ3n) is 14.9. The van der Waals surface area contributed by atoms with Gasteiger partial charge in [-0.3, -0.25) is 30.3 Å². The predicted octanol–water partition coefficient (Wildman–Crippen LogP) is 7.09. The van der Waals surface area contributed by atoms with Crippen LogP contribution in [0.3, 0.4) is 0 Å². The number of urea groups is 3. The summed E-state index contributed by atoms with van der Waals surface area (Å²) >= 11 is 0. The fourth-order valence-corrected chi connectivity index (χ4v) is 10.4. The van der Waals surface area contributed by atoms with E-state index in [2.05, 4.69) is 51.7 Å². The Morgan fingerprint density at radius 3 is 1.50 bits per heavy atom. The number of imide groups is 3. The lowest BCUT2D eigenvalue weighted by atomic mass is 9.87. The minimum atomic E-state index is -0.833. The van der Waals surface area contributed by atoms with Crippen LogP contribution in [0.2, 0.25) is 0 Å². The highest BCUT2D eigenvalue weighted by Crippen LogP contribution is 2.36. The summed E-state index contributed by atoms with van der Waals surface area (Å²) in [4.78, 5) is 85.7. The van der Waals surface area contributed by atoms with Gasteiger partial charge in [0.25, 0.3) is 17.7 Å². The van der Waals surface area contributed by atoms with Gasteiger partial charge in [-0.05, 0) is 154 Å². The molecule has 9 amide bonds. The monoisotopic (exact) mass is 1060 g/mol. The van der Waals surface area contributed by atoms with Gasteiger partial charge >= 0.3 is 18.1 Å². The number of amides is 9. The molecule has 78 heavy (non-hydrogen) atoms. The van der Waals surface area contributed by atoms with Crippen LogP contribution >= 0.6 is 0 Å². The third-order valence-corrected chi connectivity index (χ3v) is 14.9. The van der Waals surface area contributed by atoms with E-state index in [1.807, 2.05) is 96.8 Å². The molecule has 2 aromatic heterocycles. The Morgan fingerprint density at radius 1 is 0.487 bits per heavy atom. The Labute approximate surface area is 449 Å². The molecular formula is C57H58FN11O9. The van der Waals surface area contributed by atoms with Crippen molar-refractivity contribution in [3.63, 3.8) is 0 Å². The molecule has 6 saturated heterocycles. The largest absolute Gasteiger partial charge is 0.497 e. The zero-order valence-corrected chi connectivity index (χ0v) is 43.0. The number of anilines is 3. The van der Waals surface area contributed by atoms with Gasteiger partial charge in [0.1, 0.15) is 51.2 Å². The summed E-state index contributed by atoms with van der Waals surface area (Å²) in [7, 11) is 1.65. The number of carbonyl (C=O) groups is 6. The second-order valence-corrected chi connectivity index (χ2v) is 19.9. The van der Waals surface area contributed by atoms with E-state index in [4.69, 9.17) is 14.2 Å². The van der Waals surface area contributed by atoms with Gasteiger partial charge in [0, 0.05) is 57.3 Å². The van der Waals surface area contributed by atoms with Crippen LogP contribution in [0, 0.1) is 12.7 Å². The molecule has 0 saturated carbocycles. The van der Waals surface area contributed by atoms with Crippen LogP contribution < -0.4 is 60.8 Å². The number of pyridine rings is 2. The number of halogens is 1. The molecule has 0 unspecified atom stereocenters. The molecule has 12 rings (SSSR count). The fourth-order valence-electron chi connectivity index (χ4n) is 10.4. The number of methoxy groups -OCH3 is 1. The third kappa shape index (κ3) is 11.4. The van der Waals surface area contributed by atoms with E-state index >= 15 is 0 Å². The number of aromatic nitrogens is 2. The number of hydrogen-bond donors (Lipinski definition) is 6. The highest BCUT2D eigenvalue weighted by Gasteiger charge is 2.50. The zero-order valence-electron chi connectivity index (χ0n) is 43.0. The summed E-state index contributed by atoms with van der Waals surface area (Å²) in [5, 5.41) is 15.3. The number of aryl methyl sites for hydroxylation is 1. The lowest BCUT2D eigenvalue weighted by Gasteiger charge is -2.38. The Kier molecular flexibility index (Phi) is 14.8. The topological polar surface area (TPSA) is 238 Å². The number of nitrogens with one attached hydrogen (secondary N) is 6. The standard InChI is InChI=1S/C20H21N3O3.C19H20N4O3.C18H17FN4O3/c1-14-2-6-16(7-3-14)26-17-8-4-15(5-9-17)23-12-10-20(11-13-23)18(24)21-19(25)22-20;1-26-15-4-2-3-13(11-15)14-5-8-20-16(12-14)23-9-6-19(7-10-23)17(24)21-18(25)22-19;19-12-3-5-13(6-4-12)26-14-2-1-9-20-15(14)23-10-7-18(8-11-23)16(24)21-17(25)22-18/h2-9H,10-13H2,1H3,(H2,21,22,24,25);2-5,8,11-12H,6-7,9-10H2,1H3,(H2,21,22,24,25);1-6,9H,7-8,10-11H2,(H2,21,22,24,25). The molecule has 402 valence electrons. The van der Waals surface area contributed by atoms with Gasteiger partial charge in [-0.1, -0.05) is 29.8 Å². The van der Waals surface area contributed by atoms with Crippen LogP contribution in [0.1, 0.15) is 44.1 Å². The van der Waals surface area contributed by atoms with E-state index in [1.54, 1.807) is 43.8 Å². The van der Waals surface area contributed by atoms with Crippen molar-refractivity contribution in [2.24, 2.45) is 0 Å². The van der Waals surface area contributed by atoms with Gasteiger partial charge in [-0.2, -0.15) is 0 Å². The van der Waals surface area contributed by atoms with Crippen molar-refractivity contribution in [1.82, 2.24) is 41.9 Å². The van der Waals surface area contributed by atoms with Gasteiger partial charge < -0.3 is 44.9 Å². The minimum Gasteiger partial charge on any atom is -0.497 e. The average molecular weight is 1060 g/mol. The van der Waals surface area contributed by atoms with Crippen LogP contribution in [-0.2, 0) is 14.4 Å². The highest BCUT2D eigenvalue weighted by molar-refractivity contribution is 6.08. The Hall–Kier alpha value is -9.27. The van der Waals surface area contributed by atoms with Crippen molar-refractivity contribution in [3.8, 4) is 39.9 Å². The molecule has 0 aliphatic carbocycles. The smallest absolute Gasteiger partial charge is 0.322 e. The molecule has 6 aliphatic heterocycles. The van der Waals surface area contributed by atoms with Crippen LogP contribution in [-0.4, -0.2) is 109 Å². The van der Waals surface area contributed by atoms with E-state index in [9.17, 15) is 33.2 Å². The normalized spacial score (nSPS) is 18.6. The van der Waals surface area contributed by atoms with E-state index in [0.717, 1.165) is 39.9 Å². The first-order valence-corrected chi connectivity index (χ1v) is 25.7. The number of rotatable bonds is 9. The van der Waals surface area contributed by atoms with E-state index in [1.165, 1.54) is 17.7 Å². The summed E-state index contributed by atoms with van der Waals surface area (Å²) in [6.07, 6.45) is 6.76. The highest BCUT2D eigenvalue weighted by atomic mass is 19.1. The molecule has 6 aromatic rings. The first-order valence-electron chi connectivity index (χ1n) is 25.7. The minimum absolute atomic E-state index is 0.205. The summed E-state index contributed by atoms with van der Waals surface area (Å²) in [5.41, 5.74) is 2.06. The zero-order chi connectivity index (χ0) is 54.4. The first kappa shape index (κ1) is 52.2. The van der Waals surface area contributed by atoms with Crippen LogP contribution in [0.15, 0.2) is 134 Å². The molecular weight excluding hydrogens is 1000 g/mol. The molecule has 3 spiro atoms. The van der Waals surface area contributed by atoms with Crippen molar-refractivity contribution in [2.75, 3.05) is 61.1 Å². The van der Waals surface area contributed by atoms with Crippen LogP contribution in [0.5, 0.6) is 28.7 Å². The SMILES string of the molecule is COc1cccc(-c2ccnc(N3CCC4(CC3)NC(=O)NC4=O)c2)c1.Cc1ccc(Oc2ccc(N3CCC4(CC3)NC(=O)NC4=O)cc2)cc1.O=C1NC(=O)C2(CCN(c3ncccc3Oc3ccc(F)cc3)CC2)N1. The Balaban J connectivity index is 0.000000132. The summed E-state index contributed by atoms with van der Waals surface area (Å²) in [6.45, 7) is 5.87. The molecule has 8 heterocycles. The maximum Gasteiger partial charge on any atom is 0.322 e.